The molecule has 3 heteroatoms. The van der Waals surface area contributed by atoms with Crippen molar-refractivity contribution in [3.05, 3.63) is 48.2 Å². The van der Waals surface area contributed by atoms with Crippen molar-refractivity contribution in [1.82, 2.24) is 9.88 Å². The van der Waals surface area contributed by atoms with Gasteiger partial charge in [0.05, 0.1) is 12.8 Å². The Kier molecular flexibility index (Phi) is 4.20. The molecule has 1 aliphatic rings. The van der Waals surface area contributed by atoms with Gasteiger partial charge in [-0.3, -0.25) is 4.98 Å². The molecule has 0 N–H and O–H groups in total. The maximum Gasteiger partial charge on any atom is 0.118 e. The first-order valence-electron chi connectivity index (χ1n) is 7.56. The summed E-state index contributed by atoms with van der Waals surface area (Å²) in [5.74, 6) is 1.44. The maximum atomic E-state index is 5.21. The van der Waals surface area contributed by atoms with Crippen molar-refractivity contribution in [2.75, 3.05) is 27.2 Å². The Labute approximate surface area is 126 Å². The highest BCUT2D eigenvalue weighted by Crippen LogP contribution is 2.27. The Hall–Kier alpha value is -1.87. The van der Waals surface area contributed by atoms with Crippen molar-refractivity contribution >= 4 is 0 Å². The van der Waals surface area contributed by atoms with Crippen LogP contribution >= 0.6 is 0 Å². The van der Waals surface area contributed by atoms with Crippen LogP contribution in [0.25, 0.3) is 11.3 Å². The number of rotatable bonds is 3. The van der Waals surface area contributed by atoms with Crippen LogP contribution in [0.15, 0.2) is 42.5 Å². The third-order valence-corrected chi connectivity index (χ3v) is 4.20. The number of benzene rings is 1. The normalized spacial score (nSPS) is 19.4. The van der Waals surface area contributed by atoms with Crippen molar-refractivity contribution in [1.29, 1.82) is 0 Å². The number of likely N-dealkylation sites (tertiary alicyclic amines) is 1. The molecule has 110 valence electrons. The molecule has 1 aromatic heterocycles. The number of nitrogens with zero attached hydrogens (tertiary/aromatic N) is 2. The number of pyridine rings is 1. The first kappa shape index (κ1) is 14.1. The number of hydrogen-bond donors (Lipinski definition) is 0. The zero-order valence-electron chi connectivity index (χ0n) is 12.7. The quantitative estimate of drug-likeness (QED) is 0.860. The summed E-state index contributed by atoms with van der Waals surface area (Å²) >= 11 is 0. The second-order valence-corrected chi connectivity index (χ2v) is 5.78. The smallest absolute Gasteiger partial charge is 0.118 e. The molecule has 0 spiro atoms. The molecule has 2 heterocycles. The minimum Gasteiger partial charge on any atom is -0.497 e. The molecule has 0 bridgehead atoms. The molecule has 2 aromatic rings. The zero-order chi connectivity index (χ0) is 14.7. The molecule has 0 radical (unpaired) electrons. The lowest BCUT2D eigenvalue weighted by Crippen LogP contribution is -2.31. The number of hydrogen-bond acceptors (Lipinski definition) is 3. The van der Waals surface area contributed by atoms with Gasteiger partial charge in [-0.2, -0.15) is 0 Å². The SMILES string of the molecule is COc1ccc(-c2cccc(C3CCCN(C)C3)n2)cc1. The molecule has 0 amide bonds. The summed E-state index contributed by atoms with van der Waals surface area (Å²) in [7, 11) is 3.88. The largest absolute Gasteiger partial charge is 0.497 e. The molecular formula is C18H22N2O. The molecule has 1 aliphatic heterocycles. The van der Waals surface area contributed by atoms with Crippen molar-refractivity contribution in [3.8, 4) is 17.0 Å². The summed E-state index contributed by atoms with van der Waals surface area (Å²) in [6.07, 6.45) is 2.50. The predicted octanol–water partition coefficient (Wildman–Crippen LogP) is 3.57. The van der Waals surface area contributed by atoms with E-state index in [2.05, 4.69) is 42.3 Å². The van der Waals surface area contributed by atoms with Gasteiger partial charge in [0.1, 0.15) is 5.75 Å². The van der Waals surface area contributed by atoms with Crippen molar-refractivity contribution in [2.45, 2.75) is 18.8 Å². The van der Waals surface area contributed by atoms with Gasteiger partial charge in [0.15, 0.2) is 0 Å². The van der Waals surface area contributed by atoms with Crippen LogP contribution in [0.1, 0.15) is 24.5 Å². The van der Waals surface area contributed by atoms with Crippen molar-refractivity contribution in [2.24, 2.45) is 0 Å². The maximum absolute atomic E-state index is 5.21. The Bertz CT molecular complexity index is 594. The molecule has 1 fully saturated rings. The van der Waals surface area contributed by atoms with Gasteiger partial charge in [0, 0.05) is 23.7 Å². The van der Waals surface area contributed by atoms with E-state index in [1.807, 2.05) is 12.1 Å². The first-order chi connectivity index (χ1) is 10.3. The zero-order valence-corrected chi connectivity index (χ0v) is 12.7. The lowest BCUT2D eigenvalue weighted by molar-refractivity contribution is 0.248. The minimum absolute atomic E-state index is 0.557. The highest BCUT2D eigenvalue weighted by molar-refractivity contribution is 5.60. The lowest BCUT2D eigenvalue weighted by Gasteiger charge is -2.29. The molecule has 3 rings (SSSR count). The topological polar surface area (TPSA) is 25.4 Å². The van der Waals surface area contributed by atoms with E-state index < -0.39 is 0 Å². The van der Waals surface area contributed by atoms with Gasteiger partial charge in [0.2, 0.25) is 0 Å². The number of piperidine rings is 1. The van der Waals surface area contributed by atoms with Gasteiger partial charge >= 0.3 is 0 Å². The Morgan fingerprint density at radius 2 is 1.95 bits per heavy atom. The Morgan fingerprint density at radius 3 is 2.67 bits per heavy atom. The van der Waals surface area contributed by atoms with Gasteiger partial charge in [-0.05, 0) is 62.8 Å². The average molecular weight is 282 g/mol. The van der Waals surface area contributed by atoms with Crippen LogP contribution in [-0.2, 0) is 0 Å². The molecule has 0 aliphatic carbocycles. The molecule has 1 atom stereocenters. The van der Waals surface area contributed by atoms with E-state index in [4.69, 9.17) is 9.72 Å². The van der Waals surface area contributed by atoms with Crippen molar-refractivity contribution < 1.29 is 4.74 Å². The van der Waals surface area contributed by atoms with Crippen LogP contribution < -0.4 is 4.74 Å². The van der Waals surface area contributed by atoms with Crippen LogP contribution in [0.4, 0.5) is 0 Å². The van der Waals surface area contributed by atoms with Gasteiger partial charge in [0.25, 0.3) is 0 Å². The van der Waals surface area contributed by atoms with E-state index >= 15 is 0 Å². The standard InChI is InChI=1S/C18H22N2O/c1-20-12-4-5-15(13-20)18-7-3-6-17(19-18)14-8-10-16(21-2)11-9-14/h3,6-11,15H,4-5,12-13H2,1-2H3. The summed E-state index contributed by atoms with van der Waals surface area (Å²) in [6.45, 7) is 2.31. The summed E-state index contributed by atoms with van der Waals surface area (Å²) < 4.78 is 5.21. The second kappa shape index (κ2) is 6.27. The van der Waals surface area contributed by atoms with E-state index in [1.54, 1.807) is 7.11 Å². The third kappa shape index (κ3) is 3.24. The Balaban J connectivity index is 1.85. The van der Waals surface area contributed by atoms with E-state index in [0.29, 0.717) is 5.92 Å². The molecule has 1 saturated heterocycles. The van der Waals surface area contributed by atoms with Crippen LogP contribution in [0.5, 0.6) is 5.75 Å². The van der Waals surface area contributed by atoms with Gasteiger partial charge in [-0.25, -0.2) is 0 Å². The highest BCUT2D eigenvalue weighted by Gasteiger charge is 2.20. The van der Waals surface area contributed by atoms with E-state index in [0.717, 1.165) is 23.6 Å². The first-order valence-corrected chi connectivity index (χ1v) is 7.56. The molecule has 3 nitrogen and oxygen atoms in total. The monoisotopic (exact) mass is 282 g/mol. The molecule has 21 heavy (non-hydrogen) atoms. The minimum atomic E-state index is 0.557. The fourth-order valence-electron chi connectivity index (χ4n) is 3.01. The molecule has 1 unspecified atom stereocenters. The van der Waals surface area contributed by atoms with E-state index in [-0.39, 0.29) is 0 Å². The average Bonchev–Trinajstić information content (AvgIpc) is 2.55. The number of methoxy groups -OCH3 is 1. The number of likely N-dealkylation sites (N-methyl/N-ethyl adjacent to an activating group) is 1. The number of aromatic nitrogens is 1. The third-order valence-electron chi connectivity index (χ3n) is 4.20. The van der Waals surface area contributed by atoms with Crippen LogP contribution in [-0.4, -0.2) is 37.1 Å². The fourth-order valence-corrected chi connectivity index (χ4v) is 3.01. The number of ether oxygens (including phenoxy) is 1. The second-order valence-electron chi connectivity index (χ2n) is 5.78. The van der Waals surface area contributed by atoms with Crippen LogP contribution in [0, 0.1) is 0 Å². The van der Waals surface area contributed by atoms with E-state index in [9.17, 15) is 0 Å². The van der Waals surface area contributed by atoms with Crippen molar-refractivity contribution in [3.63, 3.8) is 0 Å². The predicted molar refractivity (Wildman–Crippen MR) is 85.7 cm³/mol. The van der Waals surface area contributed by atoms with Gasteiger partial charge in [-0.15, -0.1) is 0 Å². The fraction of sp³-hybridized carbons (Fsp3) is 0.389. The summed E-state index contributed by atoms with van der Waals surface area (Å²) in [5, 5.41) is 0. The lowest BCUT2D eigenvalue weighted by atomic mass is 9.94. The summed E-state index contributed by atoms with van der Waals surface area (Å²) in [6, 6.07) is 14.5. The van der Waals surface area contributed by atoms with Gasteiger partial charge < -0.3 is 9.64 Å². The summed E-state index contributed by atoms with van der Waals surface area (Å²) in [4.78, 5) is 7.29. The Morgan fingerprint density at radius 1 is 1.14 bits per heavy atom. The molecular weight excluding hydrogens is 260 g/mol. The summed E-state index contributed by atoms with van der Waals surface area (Å²) in [5.41, 5.74) is 3.40. The van der Waals surface area contributed by atoms with Crippen LogP contribution in [0.3, 0.4) is 0 Å². The molecule has 0 saturated carbocycles. The van der Waals surface area contributed by atoms with Gasteiger partial charge in [-0.1, -0.05) is 6.07 Å². The molecule has 1 aromatic carbocycles. The van der Waals surface area contributed by atoms with Crippen LogP contribution in [0.2, 0.25) is 0 Å². The van der Waals surface area contributed by atoms with E-state index in [1.165, 1.54) is 25.1 Å². The highest BCUT2D eigenvalue weighted by atomic mass is 16.5.